The lowest BCUT2D eigenvalue weighted by Crippen LogP contribution is -2.30. The first-order valence-corrected chi connectivity index (χ1v) is 19.2. The van der Waals surface area contributed by atoms with Gasteiger partial charge in [-0.2, -0.15) is 0 Å². The van der Waals surface area contributed by atoms with Crippen LogP contribution in [0.15, 0.2) is 73.2 Å². The highest BCUT2D eigenvalue weighted by Gasteiger charge is 2.36. The molecule has 5 amide bonds. The van der Waals surface area contributed by atoms with E-state index in [0.717, 1.165) is 5.82 Å². The van der Waals surface area contributed by atoms with E-state index in [-0.39, 0.29) is 58.4 Å². The van der Waals surface area contributed by atoms with Gasteiger partial charge in [0.1, 0.15) is 28.6 Å². The van der Waals surface area contributed by atoms with E-state index in [1.807, 2.05) is 14.0 Å². The summed E-state index contributed by atoms with van der Waals surface area (Å²) in [5, 5.41) is 34.3. The smallest absolute Gasteiger partial charge is 0.276 e. The van der Waals surface area contributed by atoms with E-state index >= 15 is 0 Å². The lowest BCUT2D eigenvalue weighted by molar-refractivity contribution is -0.114. The number of fused-ring (bicyclic) bond motifs is 4. The van der Waals surface area contributed by atoms with Gasteiger partial charge < -0.3 is 55.1 Å². The number of carbonyl (C=O) groups is 5. The predicted molar refractivity (Wildman–Crippen MR) is 228 cm³/mol. The molecule has 60 heavy (non-hydrogen) atoms. The van der Waals surface area contributed by atoms with Crippen molar-refractivity contribution in [3.05, 3.63) is 107 Å². The number of nitrogens with one attached hydrogen (secondary N) is 5. The van der Waals surface area contributed by atoms with Crippen LogP contribution in [0.2, 0.25) is 0 Å². The first-order valence-electron chi connectivity index (χ1n) is 18.7. The van der Waals surface area contributed by atoms with Crippen LogP contribution in [-0.4, -0.2) is 75.8 Å². The number of aromatic amines is 1. The van der Waals surface area contributed by atoms with Crippen molar-refractivity contribution in [2.75, 3.05) is 38.6 Å². The molecule has 5 heterocycles. The molecule has 1 atom stereocenters. The van der Waals surface area contributed by atoms with Gasteiger partial charge >= 0.3 is 0 Å². The predicted octanol–water partition coefficient (Wildman–Crippen LogP) is 6.15. The number of hydrogen-bond donors (Lipinski definition) is 7. The van der Waals surface area contributed by atoms with Crippen molar-refractivity contribution in [2.24, 2.45) is 21.1 Å². The Morgan fingerprint density at radius 2 is 1.58 bits per heavy atom. The van der Waals surface area contributed by atoms with Gasteiger partial charge in [0.2, 0.25) is 5.91 Å². The first kappa shape index (κ1) is 39.3. The molecule has 17 nitrogen and oxygen atoms in total. The highest BCUT2D eigenvalue weighted by atomic mass is 35.5. The number of aromatic hydroxyl groups is 2. The number of halogens is 1. The summed E-state index contributed by atoms with van der Waals surface area (Å²) < 4.78 is 4.78. The van der Waals surface area contributed by atoms with Crippen molar-refractivity contribution in [3.8, 4) is 11.5 Å². The molecule has 0 radical (unpaired) electrons. The number of carbonyl (C=O) groups excluding carboxylic acids is 5. The number of phenols is 1. The monoisotopic (exact) mass is 830 g/mol. The molecule has 7 N–H and O–H groups in total. The zero-order valence-electron chi connectivity index (χ0n) is 33.0. The minimum atomic E-state index is -0.614. The lowest BCUT2D eigenvalue weighted by Gasteiger charge is -2.18. The second kappa shape index (κ2) is 15.0. The van der Waals surface area contributed by atoms with Crippen LogP contribution in [0, 0.1) is 6.92 Å². The van der Waals surface area contributed by atoms with Crippen LogP contribution >= 0.6 is 11.6 Å². The Morgan fingerprint density at radius 3 is 2.30 bits per heavy atom. The number of aromatic nitrogens is 5. The minimum Gasteiger partial charge on any atom is -0.507 e. The van der Waals surface area contributed by atoms with Crippen LogP contribution < -0.4 is 26.2 Å². The van der Waals surface area contributed by atoms with Crippen molar-refractivity contribution in [1.82, 2.24) is 23.7 Å². The molecule has 1 aliphatic heterocycles. The second-order valence-corrected chi connectivity index (χ2v) is 15.1. The van der Waals surface area contributed by atoms with E-state index in [9.17, 15) is 34.2 Å². The molecule has 306 valence electrons. The number of imidazole rings is 1. The van der Waals surface area contributed by atoms with Crippen LogP contribution in [0.1, 0.15) is 66.1 Å². The summed E-state index contributed by atoms with van der Waals surface area (Å²) in [5.41, 5.74) is 3.42. The number of rotatable bonds is 9. The number of nitrogens with zero attached hydrogens (tertiary/aromatic N) is 5. The summed E-state index contributed by atoms with van der Waals surface area (Å²) in [5.74, 6) is -1.76. The van der Waals surface area contributed by atoms with E-state index in [0.29, 0.717) is 55.8 Å². The quantitative estimate of drug-likeness (QED) is 0.0835. The largest absolute Gasteiger partial charge is 0.507 e. The summed E-state index contributed by atoms with van der Waals surface area (Å²) in [6.45, 7) is 3.32. The van der Waals surface area contributed by atoms with E-state index in [1.165, 1.54) is 28.7 Å². The maximum atomic E-state index is 14.2. The van der Waals surface area contributed by atoms with Gasteiger partial charge in [0.15, 0.2) is 17.3 Å². The topological polar surface area (TPSA) is 221 Å². The SMILES string of the molecule is CC(=O)Nc1cn(C)c(C(=O)Nc2ccc3[nH]c(C(=O)N4CC(CCl)c5c4cc(O)c4ccc(C(=O)Nc6cc(C(=O)Nc7cn(C)c(C)n7)n(C)c6)cc54)cc3c2)c1O. The van der Waals surface area contributed by atoms with Gasteiger partial charge in [-0.25, -0.2) is 4.98 Å². The molecule has 18 heteroatoms. The maximum absolute atomic E-state index is 14.2. The third-order valence-corrected chi connectivity index (χ3v) is 10.9. The number of H-pyrrole nitrogens is 1. The number of phenolic OH excluding ortho intramolecular Hbond substituents is 1. The molecule has 0 saturated heterocycles. The molecule has 0 saturated carbocycles. The number of alkyl halides is 1. The number of hydrogen-bond acceptors (Lipinski definition) is 8. The van der Waals surface area contributed by atoms with Gasteiger partial charge in [0.05, 0.1) is 11.4 Å². The summed E-state index contributed by atoms with van der Waals surface area (Å²) in [4.78, 5) is 74.5. The average molecular weight is 831 g/mol. The summed E-state index contributed by atoms with van der Waals surface area (Å²) in [6.07, 6.45) is 4.75. The van der Waals surface area contributed by atoms with E-state index < -0.39 is 23.6 Å². The van der Waals surface area contributed by atoms with E-state index in [2.05, 4.69) is 31.2 Å². The molecular weight excluding hydrogens is 792 g/mol. The van der Waals surface area contributed by atoms with Gasteiger partial charge in [-0.1, -0.05) is 0 Å². The van der Waals surface area contributed by atoms with Gasteiger partial charge in [0, 0.05) is 98.6 Å². The standard InChI is InChI=1S/C42H39ClN10O7/c1-20-44-35(19-50(20)3)49-40(58)33-13-26(17-51(33)4)47-39(57)22-6-8-27-28(11-22)36-24(15-43)16-53(32(36)14-34(27)55)42(60)30-12-23-10-25(7-9-29(23)48-30)46-41(59)37-38(56)31(18-52(37)5)45-21(2)54/h6-14,17-19,24,48,55-56H,15-16H2,1-5H3,(H,45,54)(H,46,59)(H,47,57)(H,49,58). The third-order valence-electron chi connectivity index (χ3n) is 10.6. The summed E-state index contributed by atoms with van der Waals surface area (Å²) >= 11 is 6.52. The molecule has 4 aromatic heterocycles. The summed E-state index contributed by atoms with van der Waals surface area (Å²) in [7, 11) is 5.08. The van der Waals surface area contributed by atoms with Crippen molar-refractivity contribution >= 4 is 91.4 Å². The zero-order chi connectivity index (χ0) is 42.7. The highest BCUT2D eigenvalue weighted by Crippen LogP contribution is 2.46. The minimum absolute atomic E-state index is 0.0579. The third kappa shape index (κ3) is 7.04. The molecule has 0 bridgehead atoms. The van der Waals surface area contributed by atoms with Crippen LogP contribution in [0.4, 0.5) is 28.6 Å². The maximum Gasteiger partial charge on any atom is 0.276 e. The Morgan fingerprint density at radius 1 is 0.817 bits per heavy atom. The number of amides is 5. The molecule has 1 unspecified atom stereocenters. The fourth-order valence-corrected chi connectivity index (χ4v) is 7.87. The molecule has 0 aliphatic carbocycles. The molecule has 8 rings (SSSR count). The molecule has 0 spiro atoms. The zero-order valence-corrected chi connectivity index (χ0v) is 33.7. The van der Waals surface area contributed by atoms with Gasteiger partial charge in [-0.15, -0.1) is 11.6 Å². The van der Waals surface area contributed by atoms with Crippen molar-refractivity contribution < 1.29 is 34.2 Å². The van der Waals surface area contributed by atoms with E-state index in [4.69, 9.17) is 11.6 Å². The Bertz CT molecular complexity index is 2940. The van der Waals surface area contributed by atoms with E-state index in [1.54, 1.807) is 84.2 Å². The second-order valence-electron chi connectivity index (χ2n) is 14.7. The van der Waals surface area contributed by atoms with Crippen LogP contribution in [0.25, 0.3) is 21.7 Å². The number of aryl methyl sites for hydroxylation is 4. The van der Waals surface area contributed by atoms with Gasteiger partial charge in [-0.3, -0.25) is 24.0 Å². The Balaban J connectivity index is 1.03. The fraction of sp³-hybridized carbons (Fsp3) is 0.190. The van der Waals surface area contributed by atoms with Gasteiger partial charge in [0.25, 0.3) is 23.6 Å². The summed E-state index contributed by atoms with van der Waals surface area (Å²) in [6, 6.07) is 14.6. The fourth-order valence-electron chi connectivity index (χ4n) is 7.62. The Labute approximate surface area is 346 Å². The average Bonchev–Trinajstić information content (AvgIpc) is 4.01. The molecule has 7 aromatic rings. The number of benzene rings is 3. The van der Waals surface area contributed by atoms with Gasteiger partial charge in [-0.05, 0) is 66.4 Å². The normalized spacial score (nSPS) is 13.4. The molecule has 0 fully saturated rings. The Hall–Kier alpha value is -7.53. The van der Waals surface area contributed by atoms with Crippen LogP contribution in [0.5, 0.6) is 11.5 Å². The molecular formula is C42H39ClN10O7. The number of anilines is 5. The highest BCUT2D eigenvalue weighted by molar-refractivity contribution is 6.20. The molecule has 3 aromatic carbocycles. The Kier molecular flexibility index (Phi) is 9.83. The lowest BCUT2D eigenvalue weighted by atomic mass is 9.94. The van der Waals surface area contributed by atoms with Crippen LogP contribution in [0.3, 0.4) is 0 Å². The van der Waals surface area contributed by atoms with Crippen molar-refractivity contribution in [1.29, 1.82) is 0 Å². The van der Waals surface area contributed by atoms with Crippen molar-refractivity contribution in [3.63, 3.8) is 0 Å². The first-order chi connectivity index (χ1) is 28.6. The van der Waals surface area contributed by atoms with Crippen molar-refractivity contribution in [2.45, 2.75) is 19.8 Å². The molecule has 1 aliphatic rings. The van der Waals surface area contributed by atoms with Crippen LogP contribution in [-0.2, 0) is 25.9 Å².